The highest BCUT2D eigenvalue weighted by atomic mass is 31.2. The summed E-state index contributed by atoms with van der Waals surface area (Å²) in [5.74, 6) is -0.339. The number of aliphatic hydroxyl groups excluding tert-OH is 6. The van der Waals surface area contributed by atoms with Gasteiger partial charge in [-0.25, -0.2) is 4.57 Å². The molecule has 1 fully saturated rings. The first-order valence-electron chi connectivity index (χ1n) is 23.1. The van der Waals surface area contributed by atoms with Gasteiger partial charge in [-0.3, -0.25) is 13.8 Å². The molecule has 13 heteroatoms. The maximum absolute atomic E-state index is 12.9. The molecular formula is C44H86NO11P. The Morgan fingerprint density at radius 2 is 0.930 bits per heavy atom. The Balaban J connectivity index is 2.50. The van der Waals surface area contributed by atoms with E-state index in [1.165, 1.54) is 141 Å². The summed E-state index contributed by atoms with van der Waals surface area (Å²) in [7, 11) is -5.07. The van der Waals surface area contributed by atoms with Crippen molar-refractivity contribution >= 4 is 13.7 Å². The van der Waals surface area contributed by atoms with Crippen LogP contribution in [0.3, 0.4) is 0 Å². The summed E-state index contributed by atoms with van der Waals surface area (Å²) >= 11 is 0. The van der Waals surface area contributed by atoms with Crippen LogP contribution in [0, 0.1) is 0 Å². The molecule has 12 nitrogen and oxygen atoms in total. The molecule has 0 bridgehead atoms. The van der Waals surface area contributed by atoms with Gasteiger partial charge >= 0.3 is 7.82 Å². The number of amides is 1. The van der Waals surface area contributed by atoms with Gasteiger partial charge in [-0.05, 0) is 19.3 Å². The Morgan fingerprint density at radius 3 is 1.33 bits per heavy atom. The largest absolute Gasteiger partial charge is 0.472 e. The minimum absolute atomic E-state index is 0.218. The van der Waals surface area contributed by atoms with Gasteiger partial charge in [0.1, 0.15) is 36.6 Å². The Hall–Kier alpha value is -0.920. The molecule has 1 aliphatic carbocycles. The highest BCUT2D eigenvalue weighted by Crippen LogP contribution is 2.47. The summed E-state index contributed by atoms with van der Waals surface area (Å²) in [5.41, 5.74) is 0. The molecule has 0 heterocycles. The second kappa shape index (κ2) is 34.8. The number of unbranched alkanes of at least 4 members (excludes halogenated alkanes) is 27. The summed E-state index contributed by atoms with van der Waals surface area (Å²) in [5, 5.41) is 63.9. The second-order valence-corrected chi connectivity index (χ2v) is 18.0. The van der Waals surface area contributed by atoms with E-state index < -0.39 is 63.2 Å². The average molecular weight is 836 g/mol. The molecule has 1 aliphatic rings. The van der Waals surface area contributed by atoms with E-state index in [9.17, 15) is 44.9 Å². The van der Waals surface area contributed by atoms with Gasteiger partial charge in [0.25, 0.3) is 0 Å². The third-order valence-electron chi connectivity index (χ3n) is 11.3. The van der Waals surface area contributed by atoms with Gasteiger partial charge in [0.2, 0.25) is 5.91 Å². The molecule has 57 heavy (non-hydrogen) atoms. The van der Waals surface area contributed by atoms with Crippen molar-refractivity contribution in [2.75, 3.05) is 6.61 Å². The number of allylic oxidation sites excluding steroid dienone is 1. The van der Waals surface area contributed by atoms with Crippen molar-refractivity contribution in [3.8, 4) is 0 Å². The molecule has 338 valence electrons. The van der Waals surface area contributed by atoms with Crippen molar-refractivity contribution < 1.29 is 53.9 Å². The molecule has 0 aromatic heterocycles. The molecule has 0 aliphatic heterocycles. The molecule has 0 saturated heterocycles. The minimum atomic E-state index is -5.07. The fourth-order valence-electron chi connectivity index (χ4n) is 7.49. The van der Waals surface area contributed by atoms with E-state index in [0.29, 0.717) is 6.42 Å². The molecule has 0 aromatic rings. The monoisotopic (exact) mass is 836 g/mol. The fourth-order valence-corrected chi connectivity index (χ4v) is 8.46. The molecule has 1 amide bonds. The van der Waals surface area contributed by atoms with Crippen LogP contribution in [0.1, 0.15) is 206 Å². The van der Waals surface area contributed by atoms with Crippen LogP contribution in [0.5, 0.6) is 0 Å². The smallest absolute Gasteiger partial charge is 0.387 e. The third kappa shape index (κ3) is 26.8. The Bertz CT molecular complexity index is 1020. The van der Waals surface area contributed by atoms with Crippen molar-refractivity contribution in [3.05, 3.63) is 12.2 Å². The molecule has 1 rings (SSSR count). The molecule has 0 aromatic carbocycles. The summed E-state index contributed by atoms with van der Waals surface area (Å²) in [6.07, 6.45) is 25.6. The van der Waals surface area contributed by atoms with Crippen LogP contribution in [-0.2, 0) is 18.4 Å². The van der Waals surface area contributed by atoms with Crippen molar-refractivity contribution in [2.45, 2.75) is 255 Å². The molecule has 8 N–H and O–H groups in total. The number of rotatable bonds is 38. The predicted octanol–water partition coefficient (Wildman–Crippen LogP) is 8.45. The Labute approximate surface area is 346 Å². The Morgan fingerprint density at radius 1 is 0.579 bits per heavy atom. The maximum Gasteiger partial charge on any atom is 0.472 e. The minimum Gasteiger partial charge on any atom is -0.387 e. The van der Waals surface area contributed by atoms with Gasteiger partial charge in [0, 0.05) is 6.42 Å². The highest BCUT2D eigenvalue weighted by molar-refractivity contribution is 7.47. The number of phosphoric acid groups is 1. The zero-order valence-corrected chi connectivity index (χ0v) is 36.8. The summed E-state index contributed by atoms with van der Waals surface area (Å²) in [6.45, 7) is 3.84. The molecule has 6 unspecified atom stereocenters. The van der Waals surface area contributed by atoms with Crippen LogP contribution >= 0.6 is 7.82 Å². The topological polar surface area (TPSA) is 206 Å². The average Bonchev–Trinajstić information content (AvgIpc) is 3.19. The van der Waals surface area contributed by atoms with E-state index in [-0.39, 0.29) is 12.3 Å². The number of aliphatic hydroxyl groups is 6. The summed E-state index contributed by atoms with van der Waals surface area (Å²) in [4.78, 5) is 23.4. The van der Waals surface area contributed by atoms with Gasteiger partial charge in [0.15, 0.2) is 0 Å². The lowest BCUT2D eigenvalue weighted by atomic mass is 9.85. The number of hydrogen-bond acceptors (Lipinski definition) is 10. The van der Waals surface area contributed by atoms with Crippen LogP contribution in [0.25, 0.3) is 0 Å². The van der Waals surface area contributed by atoms with Gasteiger partial charge < -0.3 is 40.8 Å². The molecule has 0 radical (unpaired) electrons. The third-order valence-corrected chi connectivity index (χ3v) is 12.3. The lowest BCUT2D eigenvalue weighted by Gasteiger charge is -2.41. The van der Waals surface area contributed by atoms with E-state index >= 15 is 0 Å². The summed E-state index contributed by atoms with van der Waals surface area (Å²) < 4.78 is 22.9. The van der Waals surface area contributed by atoms with Crippen LogP contribution in [-0.4, -0.2) is 96.8 Å². The van der Waals surface area contributed by atoms with E-state index in [1.54, 1.807) is 0 Å². The quantitative estimate of drug-likeness (QED) is 0.0168. The van der Waals surface area contributed by atoms with Crippen molar-refractivity contribution in [3.63, 3.8) is 0 Å². The fraction of sp³-hybridized carbons (Fsp3) is 0.932. The SMILES string of the molecule is CCCCCCCCCCCCCCC/C=C/[C@@H](O)[C@H](COP(=O)(O)OC1C(O)C(O)C(O)[C@@H](O)C1O)NC(=O)CCCCCCCCCCCCCCCCC. The summed E-state index contributed by atoms with van der Waals surface area (Å²) in [6, 6.07) is -1.11. The lowest BCUT2D eigenvalue weighted by Crippen LogP contribution is -2.64. The molecule has 9 atom stereocenters. The molecule has 1 saturated carbocycles. The zero-order chi connectivity index (χ0) is 42.2. The number of hydrogen-bond donors (Lipinski definition) is 8. The second-order valence-electron chi connectivity index (χ2n) is 16.6. The van der Waals surface area contributed by atoms with Crippen LogP contribution in [0.15, 0.2) is 12.2 Å². The normalized spacial score (nSPS) is 23.5. The van der Waals surface area contributed by atoms with Gasteiger partial charge in [-0.1, -0.05) is 193 Å². The van der Waals surface area contributed by atoms with Crippen LogP contribution in [0.4, 0.5) is 0 Å². The first-order valence-corrected chi connectivity index (χ1v) is 24.6. The number of phosphoric ester groups is 1. The van der Waals surface area contributed by atoms with Crippen LogP contribution in [0.2, 0.25) is 0 Å². The van der Waals surface area contributed by atoms with E-state index in [4.69, 9.17) is 9.05 Å². The Kier molecular flexibility index (Phi) is 33.0. The number of carbonyl (C=O) groups is 1. The van der Waals surface area contributed by atoms with Crippen molar-refractivity contribution in [2.24, 2.45) is 0 Å². The maximum atomic E-state index is 12.9. The van der Waals surface area contributed by atoms with Gasteiger partial charge in [-0.2, -0.15) is 0 Å². The van der Waals surface area contributed by atoms with E-state index in [0.717, 1.165) is 44.9 Å². The van der Waals surface area contributed by atoms with Crippen molar-refractivity contribution in [1.29, 1.82) is 0 Å². The predicted molar refractivity (Wildman–Crippen MR) is 228 cm³/mol. The molecule has 0 spiro atoms. The lowest BCUT2D eigenvalue weighted by molar-refractivity contribution is -0.220. The van der Waals surface area contributed by atoms with Crippen LogP contribution < -0.4 is 5.32 Å². The standard InChI is InChI=1S/C44H86NO11P/c1-3-5-7-9-11-13-15-17-19-21-23-25-27-29-31-33-37(46)36(35-55-57(53,54)56-44-42(51)40(49)39(48)41(50)43(44)52)45-38(47)34-32-30-28-26-24-22-20-18-16-14-12-10-8-6-4-2/h31,33,36-37,39-44,46,48-52H,3-30,32,34-35H2,1-2H3,(H,45,47)(H,53,54)/b33-31+/t36-,37+,39?,40+,41?,42?,43?,44?/m0/s1. The molecular weight excluding hydrogens is 749 g/mol. The van der Waals surface area contributed by atoms with Crippen molar-refractivity contribution in [1.82, 2.24) is 5.32 Å². The first kappa shape index (κ1) is 54.1. The highest BCUT2D eigenvalue weighted by Gasteiger charge is 2.51. The zero-order valence-electron chi connectivity index (χ0n) is 35.9. The number of nitrogens with one attached hydrogen (secondary N) is 1. The number of carbonyl (C=O) groups excluding carboxylic acids is 1. The first-order chi connectivity index (χ1) is 27.4. The van der Waals surface area contributed by atoms with E-state index in [1.807, 2.05) is 6.08 Å². The van der Waals surface area contributed by atoms with E-state index in [2.05, 4.69) is 19.2 Å². The van der Waals surface area contributed by atoms with Gasteiger partial charge in [-0.15, -0.1) is 0 Å². The van der Waals surface area contributed by atoms with Gasteiger partial charge in [0.05, 0.1) is 18.8 Å².